The average Bonchev–Trinajstić information content (AvgIpc) is 1.99. The topological polar surface area (TPSA) is 69.6 Å². The van der Waals surface area contributed by atoms with Crippen molar-refractivity contribution in [2.75, 3.05) is 20.1 Å². The number of aliphatic hydroxyl groups is 1. The minimum atomic E-state index is -3.39. The zero-order valence-corrected chi connectivity index (χ0v) is 9.13. The second-order valence-electron chi connectivity index (χ2n) is 3.03. The van der Waals surface area contributed by atoms with Crippen LogP contribution >= 0.6 is 0 Å². The van der Waals surface area contributed by atoms with E-state index in [-0.39, 0.29) is 6.54 Å². The molecular weight excluding hydrogens is 192 g/mol. The Bertz CT molecular complexity index is 226. The van der Waals surface area contributed by atoms with E-state index in [1.54, 1.807) is 6.92 Å². The van der Waals surface area contributed by atoms with Gasteiger partial charge in [-0.1, -0.05) is 6.92 Å². The summed E-state index contributed by atoms with van der Waals surface area (Å²) in [7, 11) is -1.96. The van der Waals surface area contributed by atoms with Crippen molar-refractivity contribution in [3.8, 4) is 0 Å². The van der Waals surface area contributed by atoms with E-state index in [0.717, 1.165) is 10.7 Å². The number of nitrogens with one attached hydrogen (secondary N) is 1. The van der Waals surface area contributed by atoms with Gasteiger partial charge in [0.15, 0.2) is 0 Å². The van der Waals surface area contributed by atoms with Gasteiger partial charge in [0.05, 0.1) is 6.10 Å². The summed E-state index contributed by atoms with van der Waals surface area (Å²) >= 11 is 0. The highest BCUT2D eigenvalue weighted by atomic mass is 32.2. The van der Waals surface area contributed by atoms with E-state index in [9.17, 15) is 8.42 Å². The molecule has 13 heavy (non-hydrogen) atoms. The Balaban J connectivity index is 4.12. The van der Waals surface area contributed by atoms with E-state index in [4.69, 9.17) is 5.11 Å². The predicted molar refractivity (Wildman–Crippen MR) is 51.5 cm³/mol. The molecule has 0 radical (unpaired) electrons. The van der Waals surface area contributed by atoms with Gasteiger partial charge in [0, 0.05) is 20.1 Å². The Hall–Kier alpha value is -0.170. The third-order valence-corrected chi connectivity index (χ3v) is 3.00. The van der Waals surface area contributed by atoms with Crippen molar-refractivity contribution in [3.05, 3.63) is 0 Å². The lowest BCUT2D eigenvalue weighted by atomic mass is 10.4. The lowest BCUT2D eigenvalue weighted by Gasteiger charge is -2.18. The lowest BCUT2D eigenvalue weighted by molar-refractivity contribution is 0.170. The fraction of sp³-hybridized carbons (Fsp3) is 1.00. The largest absolute Gasteiger partial charge is 0.392 e. The highest BCUT2D eigenvalue weighted by Crippen LogP contribution is 1.95. The van der Waals surface area contributed by atoms with E-state index in [1.807, 2.05) is 6.92 Å². The van der Waals surface area contributed by atoms with E-state index in [2.05, 4.69) is 4.72 Å². The van der Waals surface area contributed by atoms with Crippen molar-refractivity contribution in [1.29, 1.82) is 0 Å². The zero-order valence-electron chi connectivity index (χ0n) is 8.32. The van der Waals surface area contributed by atoms with Crippen LogP contribution in [0, 0.1) is 0 Å². The van der Waals surface area contributed by atoms with Gasteiger partial charge >= 0.3 is 0 Å². The summed E-state index contributed by atoms with van der Waals surface area (Å²) < 4.78 is 26.2. The van der Waals surface area contributed by atoms with Gasteiger partial charge in [-0.05, 0) is 13.3 Å². The molecule has 0 aliphatic carbocycles. The molecule has 0 aliphatic heterocycles. The molecule has 1 atom stereocenters. The summed E-state index contributed by atoms with van der Waals surface area (Å²) in [6, 6.07) is 0. The van der Waals surface area contributed by atoms with E-state index >= 15 is 0 Å². The molecular formula is C7H18N2O3S. The van der Waals surface area contributed by atoms with Crippen LogP contribution in [-0.2, 0) is 10.2 Å². The van der Waals surface area contributed by atoms with Crippen LogP contribution in [0.1, 0.15) is 20.3 Å². The highest BCUT2D eigenvalue weighted by molar-refractivity contribution is 7.87. The van der Waals surface area contributed by atoms with E-state index in [1.165, 1.54) is 7.05 Å². The highest BCUT2D eigenvalue weighted by Gasteiger charge is 2.17. The van der Waals surface area contributed by atoms with Crippen molar-refractivity contribution in [1.82, 2.24) is 9.03 Å². The molecule has 5 nitrogen and oxygen atoms in total. The van der Waals surface area contributed by atoms with Crippen molar-refractivity contribution in [2.45, 2.75) is 26.4 Å². The predicted octanol–water partition coefficient (Wildman–Crippen LogP) is -0.457. The Morgan fingerprint density at radius 2 is 2.08 bits per heavy atom. The summed E-state index contributed by atoms with van der Waals surface area (Å²) in [4.78, 5) is 0. The lowest BCUT2D eigenvalue weighted by Crippen LogP contribution is -2.41. The molecule has 2 N–H and O–H groups in total. The van der Waals surface area contributed by atoms with Crippen LogP contribution in [0.3, 0.4) is 0 Å². The minimum Gasteiger partial charge on any atom is -0.392 e. The average molecular weight is 210 g/mol. The smallest absolute Gasteiger partial charge is 0.279 e. The van der Waals surface area contributed by atoms with Gasteiger partial charge in [-0.2, -0.15) is 12.7 Å². The molecule has 0 aromatic carbocycles. The first-order chi connectivity index (χ1) is 5.90. The van der Waals surface area contributed by atoms with Crippen LogP contribution in [0.25, 0.3) is 0 Å². The van der Waals surface area contributed by atoms with Crippen molar-refractivity contribution >= 4 is 10.2 Å². The number of hydrogen-bond donors (Lipinski definition) is 2. The van der Waals surface area contributed by atoms with Crippen molar-refractivity contribution < 1.29 is 13.5 Å². The van der Waals surface area contributed by atoms with Gasteiger partial charge in [0.2, 0.25) is 0 Å². The molecule has 0 aromatic heterocycles. The summed E-state index contributed by atoms with van der Waals surface area (Å²) in [5.74, 6) is 0. The molecule has 0 amide bonds. The maximum atomic E-state index is 11.3. The molecule has 1 unspecified atom stereocenters. The van der Waals surface area contributed by atoms with Crippen LogP contribution in [0.2, 0.25) is 0 Å². The number of likely N-dealkylation sites (N-methyl/N-ethyl adjacent to an activating group) is 1. The minimum absolute atomic E-state index is 0.110. The number of rotatable bonds is 6. The molecule has 0 rings (SSSR count). The van der Waals surface area contributed by atoms with Gasteiger partial charge in [0.1, 0.15) is 0 Å². The zero-order chi connectivity index (χ0) is 10.5. The van der Waals surface area contributed by atoms with E-state index < -0.39 is 16.3 Å². The first-order valence-corrected chi connectivity index (χ1v) is 5.73. The molecule has 0 fully saturated rings. The molecule has 0 heterocycles. The maximum Gasteiger partial charge on any atom is 0.279 e. The fourth-order valence-electron chi connectivity index (χ4n) is 0.811. The summed E-state index contributed by atoms with van der Waals surface area (Å²) in [5.41, 5.74) is 0. The second kappa shape index (κ2) is 5.54. The standard InChI is InChI=1S/C7H18N2O3S/c1-4-5-8-13(11,12)9(3)6-7(2)10/h7-8,10H,4-6H2,1-3H3. The third-order valence-electron chi connectivity index (χ3n) is 1.47. The number of aliphatic hydroxyl groups excluding tert-OH is 1. The van der Waals surface area contributed by atoms with Crippen LogP contribution in [0.15, 0.2) is 0 Å². The monoisotopic (exact) mass is 210 g/mol. The third kappa shape index (κ3) is 5.20. The van der Waals surface area contributed by atoms with E-state index in [0.29, 0.717) is 6.54 Å². The van der Waals surface area contributed by atoms with Crippen LogP contribution in [0.5, 0.6) is 0 Å². The Labute approximate surface area is 79.9 Å². The van der Waals surface area contributed by atoms with Crippen LogP contribution in [0.4, 0.5) is 0 Å². The molecule has 0 aromatic rings. The molecule has 0 aliphatic rings. The van der Waals surface area contributed by atoms with Crippen LogP contribution < -0.4 is 4.72 Å². The van der Waals surface area contributed by atoms with Gasteiger partial charge in [-0.25, -0.2) is 4.72 Å². The Kier molecular flexibility index (Phi) is 5.46. The molecule has 6 heteroatoms. The fourth-order valence-corrected chi connectivity index (χ4v) is 1.91. The van der Waals surface area contributed by atoms with Crippen LogP contribution in [-0.4, -0.2) is 44.1 Å². The van der Waals surface area contributed by atoms with Gasteiger partial charge in [-0.15, -0.1) is 0 Å². The Morgan fingerprint density at radius 3 is 2.46 bits per heavy atom. The first-order valence-electron chi connectivity index (χ1n) is 4.29. The molecule has 0 saturated heterocycles. The summed E-state index contributed by atoms with van der Waals surface area (Å²) in [5, 5.41) is 8.98. The molecule has 0 spiro atoms. The number of hydrogen-bond acceptors (Lipinski definition) is 3. The molecule has 80 valence electrons. The summed E-state index contributed by atoms with van der Waals surface area (Å²) in [6.07, 6.45) is 0.102. The first kappa shape index (κ1) is 12.8. The van der Waals surface area contributed by atoms with Crippen molar-refractivity contribution in [3.63, 3.8) is 0 Å². The van der Waals surface area contributed by atoms with Gasteiger partial charge < -0.3 is 5.11 Å². The second-order valence-corrected chi connectivity index (χ2v) is 4.89. The number of nitrogens with zero attached hydrogens (tertiary/aromatic N) is 1. The summed E-state index contributed by atoms with van der Waals surface area (Å²) in [6.45, 7) is 3.97. The normalized spacial score (nSPS) is 14.8. The van der Waals surface area contributed by atoms with Gasteiger partial charge in [-0.3, -0.25) is 0 Å². The maximum absolute atomic E-state index is 11.3. The van der Waals surface area contributed by atoms with Crippen molar-refractivity contribution in [2.24, 2.45) is 0 Å². The Morgan fingerprint density at radius 1 is 1.54 bits per heavy atom. The SMILES string of the molecule is CCCNS(=O)(=O)N(C)CC(C)O. The molecule has 0 saturated carbocycles. The molecule has 0 bridgehead atoms. The quantitative estimate of drug-likeness (QED) is 0.623. The van der Waals surface area contributed by atoms with Gasteiger partial charge in [0.25, 0.3) is 10.2 Å².